The Morgan fingerprint density at radius 1 is 1.26 bits per heavy atom. The molecule has 0 amide bonds. The lowest BCUT2D eigenvalue weighted by atomic mass is 9.85. The zero-order chi connectivity index (χ0) is 19.6. The van der Waals surface area contributed by atoms with E-state index in [4.69, 9.17) is 10.00 Å². The Labute approximate surface area is 156 Å². The van der Waals surface area contributed by atoms with Gasteiger partial charge >= 0.3 is 0 Å². The summed E-state index contributed by atoms with van der Waals surface area (Å²) < 4.78 is 20.1. The minimum absolute atomic E-state index is 0.00865. The van der Waals surface area contributed by atoms with E-state index in [1.54, 1.807) is 44.3 Å². The fourth-order valence-corrected chi connectivity index (χ4v) is 3.05. The van der Waals surface area contributed by atoms with Gasteiger partial charge in [0.25, 0.3) is 0 Å². The molecule has 1 heterocycles. The second-order valence-corrected chi connectivity index (χ2v) is 6.68. The zero-order valence-electron chi connectivity index (χ0n) is 14.8. The van der Waals surface area contributed by atoms with Crippen molar-refractivity contribution in [1.82, 2.24) is 5.32 Å². The molecule has 2 aromatic rings. The largest absolute Gasteiger partial charge is 0.485 e. The quantitative estimate of drug-likeness (QED) is 0.485. The number of ether oxygens (including phenoxy) is 1. The Kier molecular flexibility index (Phi) is 4.81. The number of benzene rings is 2. The average Bonchev–Trinajstić information content (AvgIpc) is 2.64. The summed E-state index contributed by atoms with van der Waals surface area (Å²) >= 11 is 0. The maximum atomic E-state index is 14.2. The van der Waals surface area contributed by atoms with Crippen LogP contribution in [0.3, 0.4) is 0 Å². The van der Waals surface area contributed by atoms with Crippen LogP contribution in [0.4, 0.5) is 4.39 Å². The van der Waals surface area contributed by atoms with Gasteiger partial charge in [-0.2, -0.15) is 15.5 Å². The van der Waals surface area contributed by atoms with E-state index in [-0.39, 0.29) is 11.4 Å². The van der Waals surface area contributed by atoms with Crippen LogP contribution in [0.1, 0.15) is 36.6 Å². The van der Waals surface area contributed by atoms with Crippen molar-refractivity contribution in [3.63, 3.8) is 0 Å². The first kappa shape index (κ1) is 18.4. The topological polar surface area (TPSA) is 101 Å². The minimum atomic E-state index is -1.05. The highest BCUT2D eigenvalue weighted by molar-refractivity contribution is 5.99. The molecule has 0 aromatic heterocycles. The Balaban J connectivity index is 2.09. The lowest BCUT2D eigenvalue weighted by Gasteiger charge is -2.42. The van der Waals surface area contributed by atoms with Gasteiger partial charge < -0.3 is 15.2 Å². The second kappa shape index (κ2) is 7.06. The summed E-state index contributed by atoms with van der Waals surface area (Å²) in [7, 11) is 0. The Morgan fingerprint density at radius 3 is 2.67 bits per heavy atom. The smallest absolute Gasteiger partial charge is 0.207 e. The Hall–Kier alpha value is -3.42. The maximum absolute atomic E-state index is 14.2. The van der Waals surface area contributed by atoms with Gasteiger partial charge in [-0.3, -0.25) is 0 Å². The summed E-state index contributed by atoms with van der Waals surface area (Å²) in [5, 5.41) is 32.0. The SMILES string of the molecule is CC1(C)Oc2ccc(C#N)cc2[C@@H](NC(=NC#N)c2ccccc2F)[C@@H]1O. The molecule has 7 heteroatoms. The van der Waals surface area contributed by atoms with Crippen LogP contribution in [0, 0.1) is 28.6 Å². The van der Waals surface area contributed by atoms with E-state index in [1.165, 1.54) is 18.2 Å². The van der Waals surface area contributed by atoms with E-state index < -0.39 is 23.6 Å². The van der Waals surface area contributed by atoms with Gasteiger partial charge in [0, 0.05) is 5.56 Å². The third-order valence-electron chi connectivity index (χ3n) is 4.46. The number of aliphatic imine (C=N–C) groups is 1. The number of aliphatic hydroxyl groups is 1. The molecular formula is C20H17FN4O2. The highest BCUT2D eigenvalue weighted by Gasteiger charge is 2.43. The lowest BCUT2D eigenvalue weighted by molar-refractivity contribution is -0.0610. The van der Waals surface area contributed by atoms with Crippen LogP contribution in [0.25, 0.3) is 0 Å². The average molecular weight is 364 g/mol. The van der Waals surface area contributed by atoms with Crippen LogP contribution in [-0.2, 0) is 0 Å². The molecule has 3 rings (SSSR count). The first-order valence-corrected chi connectivity index (χ1v) is 8.26. The molecule has 0 radical (unpaired) electrons. The molecule has 0 bridgehead atoms. The van der Waals surface area contributed by atoms with Gasteiger partial charge in [0.15, 0.2) is 0 Å². The van der Waals surface area contributed by atoms with Crippen LogP contribution >= 0.6 is 0 Å². The summed E-state index contributed by atoms with van der Waals surface area (Å²) in [4.78, 5) is 3.70. The normalized spacial score (nSPS) is 20.6. The van der Waals surface area contributed by atoms with Crippen molar-refractivity contribution < 1.29 is 14.2 Å². The Morgan fingerprint density at radius 2 is 2.00 bits per heavy atom. The predicted molar refractivity (Wildman–Crippen MR) is 96.3 cm³/mol. The lowest BCUT2D eigenvalue weighted by Crippen LogP contribution is -2.53. The fraction of sp³-hybridized carbons (Fsp3) is 0.250. The van der Waals surface area contributed by atoms with Crippen molar-refractivity contribution in [2.75, 3.05) is 0 Å². The molecular weight excluding hydrogens is 347 g/mol. The summed E-state index contributed by atoms with van der Waals surface area (Å²) in [5.74, 6) is -0.0666. The standard InChI is InChI=1S/C20H17FN4O2/c1-20(2)18(26)17(14-9-12(10-22)7-8-16(14)27-20)25-19(24-11-23)13-5-3-4-6-15(13)21/h3-9,17-18,26H,1-2H3,(H,24,25)/t17-,18+/m1/s1. The number of hydrogen-bond acceptors (Lipinski definition) is 5. The number of nitriles is 2. The van der Waals surface area contributed by atoms with Gasteiger partial charge in [0.05, 0.1) is 23.2 Å². The molecule has 1 aliphatic rings. The van der Waals surface area contributed by atoms with Crippen molar-refractivity contribution in [1.29, 1.82) is 10.5 Å². The molecule has 6 nitrogen and oxygen atoms in total. The van der Waals surface area contributed by atoms with Crippen LogP contribution in [0.15, 0.2) is 47.5 Å². The molecule has 0 fully saturated rings. The van der Waals surface area contributed by atoms with Crippen LogP contribution < -0.4 is 10.1 Å². The number of halogens is 1. The van der Waals surface area contributed by atoms with E-state index in [0.29, 0.717) is 16.9 Å². The summed E-state index contributed by atoms with van der Waals surface area (Å²) in [5.41, 5.74) is 0.0725. The van der Waals surface area contributed by atoms with Crippen LogP contribution in [0.2, 0.25) is 0 Å². The highest BCUT2D eigenvalue weighted by atomic mass is 19.1. The number of nitrogens with zero attached hydrogens (tertiary/aromatic N) is 3. The van der Waals surface area contributed by atoms with Crippen molar-refractivity contribution in [3.05, 3.63) is 65.0 Å². The molecule has 2 N–H and O–H groups in total. The van der Waals surface area contributed by atoms with Gasteiger partial charge in [-0.05, 0) is 44.2 Å². The number of fused-ring (bicyclic) bond motifs is 1. The van der Waals surface area contributed by atoms with Crippen LogP contribution in [0.5, 0.6) is 5.75 Å². The third kappa shape index (κ3) is 3.46. The van der Waals surface area contributed by atoms with Gasteiger partial charge in [0.2, 0.25) is 6.19 Å². The third-order valence-corrected chi connectivity index (χ3v) is 4.46. The summed E-state index contributed by atoms with van der Waals surface area (Å²) in [6.45, 7) is 3.44. The molecule has 0 spiro atoms. The second-order valence-electron chi connectivity index (χ2n) is 6.68. The minimum Gasteiger partial charge on any atom is -0.485 e. The van der Waals surface area contributed by atoms with Gasteiger partial charge in [0.1, 0.15) is 29.1 Å². The van der Waals surface area contributed by atoms with E-state index in [2.05, 4.69) is 10.3 Å². The fourth-order valence-electron chi connectivity index (χ4n) is 3.05. The maximum Gasteiger partial charge on any atom is 0.207 e. The van der Waals surface area contributed by atoms with E-state index >= 15 is 0 Å². The zero-order valence-corrected chi connectivity index (χ0v) is 14.8. The highest BCUT2D eigenvalue weighted by Crippen LogP contribution is 2.40. The molecule has 2 atom stereocenters. The number of hydrogen-bond donors (Lipinski definition) is 2. The first-order chi connectivity index (χ1) is 12.9. The molecule has 0 saturated heterocycles. The Bertz CT molecular complexity index is 988. The molecule has 0 aliphatic carbocycles. The molecule has 136 valence electrons. The van der Waals surface area contributed by atoms with Crippen molar-refractivity contribution in [2.24, 2.45) is 4.99 Å². The predicted octanol–water partition coefficient (Wildman–Crippen LogP) is 2.79. The van der Waals surface area contributed by atoms with Gasteiger partial charge in [-0.15, -0.1) is 0 Å². The van der Waals surface area contributed by atoms with Crippen molar-refractivity contribution in [2.45, 2.75) is 31.6 Å². The first-order valence-electron chi connectivity index (χ1n) is 8.26. The van der Waals surface area contributed by atoms with E-state index in [1.807, 2.05) is 6.07 Å². The number of amidine groups is 1. The van der Waals surface area contributed by atoms with Gasteiger partial charge in [-0.1, -0.05) is 12.1 Å². The van der Waals surface area contributed by atoms with E-state index in [0.717, 1.165) is 0 Å². The molecule has 1 aliphatic heterocycles. The number of rotatable bonds is 2. The summed E-state index contributed by atoms with van der Waals surface area (Å²) in [6, 6.07) is 12.1. The molecule has 0 saturated carbocycles. The van der Waals surface area contributed by atoms with E-state index in [9.17, 15) is 14.8 Å². The van der Waals surface area contributed by atoms with Crippen molar-refractivity contribution >= 4 is 5.84 Å². The number of aliphatic hydroxyl groups excluding tert-OH is 1. The molecule has 27 heavy (non-hydrogen) atoms. The van der Waals surface area contributed by atoms with Crippen LogP contribution in [-0.4, -0.2) is 22.6 Å². The summed E-state index contributed by atoms with van der Waals surface area (Å²) in [6.07, 6.45) is 0.612. The molecule has 0 unspecified atom stereocenters. The monoisotopic (exact) mass is 364 g/mol. The number of nitrogens with one attached hydrogen (secondary N) is 1. The molecule has 2 aromatic carbocycles. The van der Waals surface area contributed by atoms with Crippen molar-refractivity contribution in [3.8, 4) is 18.0 Å². The van der Waals surface area contributed by atoms with Gasteiger partial charge in [-0.25, -0.2) is 4.39 Å².